The molecule has 0 bridgehead atoms. The standard InChI is InChI=1S/C18H31N3/c1-14-5-9-16(10-6-14)21(2)17-4-3-11-18(12-17,13-19)20-15-7-8-15/h14-17,20H,3-12H2,1-2H3. The van der Waals surface area contributed by atoms with Crippen LogP contribution in [0.2, 0.25) is 0 Å². The molecule has 3 fully saturated rings. The van der Waals surface area contributed by atoms with E-state index in [0.717, 1.165) is 24.8 Å². The van der Waals surface area contributed by atoms with Gasteiger partial charge < -0.3 is 4.90 Å². The van der Waals surface area contributed by atoms with Crippen LogP contribution in [0.15, 0.2) is 0 Å². The van der Waals surface area contributed by atoms with Crippen LogP contribution in [0.4, 0.5) is 0 Å². The fraction of sp³-hybridized carbons (Fsp3) is 0.944. The Morgan fingerprint density at radius 1 is 1.05 bits per heavy atom. The first-order chi connectivity index (χ1) is 10.1. The molecule has 3 saturated carbocycles. The van der Waals surface area contributed by atoms with Crippen molar-refractivity contribution >= 4 is 0 Å². The molecule has 3 nitrogen and oxygen atoms in total. The lowest BCUT2D eigenvalue weighted by atomic mass is 9.78. The van der Waals surface area contributed by atoms with Gasteiger partial charge in [-0.1, -0.05) is 6.92 Å². The van der Waals surface area contributed by atoms with Crippen LogP contribution in [0.25, 0.3) is 0 Å². The Balaban J connectivity index is 1.60. The monoisotopic (exact) mass is 289 g/mol. The van der Waals surface area contributed by atoms with Crippen molar-refractivity contribution in [3.8, 4) is 6.07 Å². The highest BCUT2D eigenvalue weighted by Gasteiger charge is 2.42. The lowest BCUT2D eigenvalue weighted by molar-refractivity contribution is 0.0783. The molecule has 3 aliphatic carbocycles. The summed E-state index contributed by atoms with van der Waals surface area (Å²) < 4.78 is 0. The Morgan fingerprint density at radius 3 is 2.38 bits per heavy atom. The van der Waals surface area contributed by atoms with E-state index < -0.39 is 0 Å². The zero-order valence-electron chi connectivity index (χ0n) is 13.8. The van der Waals surface area contributed by atoms with Crippen molar-refractivity contribution in [1.29, 1.82) is 5.26 Å². The maximum Gasteiger partial charge on any atom is 0.108 e. The highest BCUT2D eigenvalue weighted by molar-refractivity contribution is 5.13. The van der Waals surface area contributed by atoms with E-state index in [1.54, 1.807) is 0 Å². The Hall–Kier alpha value is -0.590. The maximum absolute atomic E-state index is 9.73. The van der Waals surface area contributed by atoms with Gasteiger partial charge in [0, 0.05) is 18.1 Å². The third kappa shape index (κ3) is 3.60. The normalized spacial score (nSPS) is 41.0. The molecule has 3 heteroatoms. The molecule has 2 atom stereocenters. The van der Waals surface area contributed by atoms with Crippen LogP contribution >= 0.6 is 0 Å². The van der Waals surface area contributed by atoms with Gasteiger partial charge in [-0.2, -0.15) is 5.26 Å². The summed E-state index contributed by atoms with van der Waals surface area (Å²) in [5.41, 5.74) is -0.236. The predicted octanol–water partition coefficient (Wildman–Crippen LogP) is 3.45. The minimum atomic E-state index is -0.236. The molecule has 2 unspecified atom stereocenters. The van der Waals surface area contributed by atoms with Crippen molar-refractivity contribution < 1.29 is 0 Å². The minimum Gasteiger partial charge on any atom is -0.300 e. The average Bonchev–Trinajstić information content (AvgIpc) is 3.31. The molecular formula is C18H31N3. The van der Waals surface area contributed by atoms with Crippen LogP contribution in [0.3, 0.4) is 0 Å². The molecule has 3 aliphatic rings. The summed E-state index contributed by atoms with van der Waals surface area (Å²) in [6.45, 7) is 2.39. The van der Waals surface area contributed by atoms with Gasteiger partial charge in [-0.15, -0.1) is 0 Å². The SMILES string of the molecule is CC1CCC(N(C)C2CCCC(C#N)(NC3CC3)C2)CC1. The number of hydrogen-bond acceptors (Lipinski definition) is 3. The summed E-state index contributed by atoms with van der Waals surface area (Å²) in [6.07, 6.45) is 12.6. The van der Waals surface area contributed by atoms with Crippen molar-refractivity contribution in [2.45, 2.75) is 94.8 Å². The molecule has 0 amide bonds. The molecule has 0 aliphatic heterocycles. The largest absolute Gasteiger partial charge is 0.300 e. The molecule has 0 aromatic rings. The molecule has 0 aromatic heterocycles. The van der Waals surface area contributed by atoms with Crippen molar-refractivity contribution in [2.24, 2.45) is 5.92 Å². The second-order valence-corrected chi connectivity index (χ2v) is 7.94. The van der Waals surface area contributed by atoms with Crippen molar-refractivity contribution in [1.82, 2.24) is 10.2 Å². The van der Waals surface area contributed by atoms with Crippen molar-refractivity contribution in [3.63, 3.8) is 0 Å². The molecule has 0 saturated heterocycles. The van der Waals surface area contributed by atoms with Gasteiger partial charge >= 0.3 is 0 Å². The van der Waals surface area contributed by atoms with Crippen LogP contribution in [0.5, 0.6) is 0 Å². The summed E-state index contributed by atoms with van der Waals surface area (Å²) in [5.74, 6) is 0.913. The van der Waals surface area contributed by atoms with Gasteiger partial charge in [0.05, 0.1) is 6.07 Å². The van der Waals surface area contributed by atoms with Gasteiger partial charge in [-0.25, -0.2) is 0 Å². The Labute approximate surface area is 130 Å². The highest BCUT2D eigenvalue weighted by Crippen LogP contribution is 2.36. The molecule has 0 aromatic carbocycles. The predicted molar refractivity (Wildman–Crippen MR) is 85.9 cm³/mol. The van der Waals surface area contributed by atoms with Gasteiger partial charge in [0.1, 0.15) is 5.54 Å². The van der Waals surface area contributed by atoms with Gasteiger partial charge in [0.2, 0.25) is 0 Å². The maximum atomic E-state index is 9.73. The molecule has 0 heterocycles. The van der Waals surface area contributed by atoms with E-state index in [4.69, 9.17) is 0 Å². The van der Waals surface area contributed by atoms with Gasteiger partial charge in [-0.05, 0) is 77.2 Å². The second-order valence-electron chi connectivity index (χ2n) is 7.94. The smallest absolute Gasteiger partial charge is 0.108 e. The number of nitrogens with one attached hydrogen (secondary N) is 1. The van der Waals surface area contributed by atoms with Gasteiger partial charge in [0.15, 0.2) is 0 Å². The zero-order chi connectivity index (χ0) is 14.9. The molecule has 118 valence electrons. The Kier molecular flexibility index (Phi) is 4.57. The summed E-state index contributed by atoms with van der Waals surface area (Å²) in [4.78, 5) is 2.63. The topological polar surface area (TPSA) is 39.1 Å². The molecular weight excluding hydrogens is 258 g/mol. The molecule has 0 radical (unpaired) electrons. The second kappa shape index (κ2) is 6.26. The highest BCUT2D eigenvalue weighted by atomic mass is 15.2. The van der Waals surface area contributed by atoms with Gasteiger partial charge in [-0.3, -0.25) is 5.32 Å². The third-order valence-corrected chi connectivity index (χ3v) is 6.13. The fourth-order valence-corrected chi connectivity index (χ4v) is 4.42. The Morgan fingerprint density at radius 2 is 1.76 bits per heavy atom. The quantitative estimate of drug-likeness (QED) is 0.861. The molecule has 3 rings (SSSR count). The number of hydrogen-bond donors (Lipinski definition) is 1. The Bertz CT molecular complexity index is 390. The fourth-order valence-electron chi connectivity index (χ4n) is 4.42. The number of rotatable bonds is 4. The lowest BCUT2D eigenvalue weighted by Crippen LogP contribution is -2.54. The van der Waals surface area contributed by atoms with E-state index in [0.29, 0.717) is 12.1 Å². The average molecular weight is 289 g/mol. The van der Waals surface area contributed by atoms with E-state index in [-0.39, 0.29) is 5.54 Å². The van der Waals surface area contributed by atoms with E-state index >= 15 is 0 Å². The molecule has 21 heavy (non-hydrogen) atoms. The van der Waals surface area contributed by atoms with E-state index in [9.17, 15) is 5.26 Å². The van der Waals surface area contributed by atoms with Crippen LogP contribution in [0.1, 0.15) is 71.1 Å². The summed E-state index contributed by atoms with van der Waals surface area (Å²) in [7, 11) is 2.32. The van der Waals surface area contributed by atoms with Crippen LogP contribution in [0, 0.1) is 17.2 Å². The van der Waals surface area contributed by atoms with Crippen LogP contribution < -0.4 is 5.32 Å². The third-order valence-electron chi connectivity index (χ3n) is 6.13. The van der Waals surface area contributed by atoms with Crippen molar-refractivity contribution in [3.05, 3.63) is 0 Å². The molecule has 0 spiro atoms. The van der Waals surface area contributed by atoms with Crippen LogP contribution in [-0.4, -0.2) is 35.6 Å². The van der Waals surface area contributed by atoms with Gasteiger partial charge in [0.25, 0.3) is 0 Å². The zero-order valence-corrected chi connectivity index (χ0v) is 13.8. The van der Waals surface area contributed by atoms with E-state index in [2.05, 4.69) is 30.3 Å². The summed E-state index contributed by atoms with van der Waals surface area (Å²) in [5, 5.41) is 13.4. The van der Waals surface area contributed by atoms with E-state index in [1.807, 2.05) is 0 Å². The van der Waals surface area contributed by atoms with Crippen LogP contribution in [-0.2, 0) is 0 Å². The summed E-state index contributed by atoms with van der Waals surface area (Å²) >= 11 is 0. The first kappa shape index (κ1) is 15.3. The number of nitrogens with zero attached hydrogens (tertiary/aromatic N) is 2. The first-order valence-electron chi connectivity index (χ1n) is 9.03. The first-order valence-corrected chi connectivity index (χ1v) is 9.03. The molecule has 1 N–H and O–H groups in total. The minimum absolute atomic E-state index is 0.236. The van der Waals surface area contributed by atoms with Crippen molar-refractivity contribution in [2.75, 3.05) is 7.05 Å². The summed E-state index contributed by atoms with van der Waals surface area (Å²) in [6, 6.07) is 4.63. The lowest BCUT2D eigenvalue weighted by Gasteiger charge is -2.44. The number of nitriles is 1. The van der Waals surface area contributed by atoms with E-state index in [1.165, 1.54) is 51.4 Å².